The van der Waals surface area contributed by atoms with Crippen molar-refractivity contribution in [1.29, 1.82) is 5.26 Å². The van der Waals surface area contributed by atoms with Crippen LogP contribution in [0.3, 0.4) is 0 Å². The molecule has 0 unspecified atom stereocenters. The highest BCUT2D eigenvalue weighted by molar-refractivity contribution is 5.82. The lowest BCUT2D eigenvalue weighted by atomic mass is 10.2. The molecule has 0 saturated carbocycles. The van der Waals surface area contributed by atoms with Gasteiger partial charge in [0.1, 0.15) is 11.8 Å². The molecule has 0 amide bonds. The minimum atomic E-state index is 0.739. The normalized spacial score (nSPS) is 10.9. The lowest BCUT2D eigenvalue weighted by molar-refractivity contribution is 0.386. The van der Waals surface area contributed by atoms with Crippen LogP contribution in [0.2, 0.25) is 0 Å². The predicted octanol–water partition coefficient (Wildman–Crippen LogP) is 2.07. The van der Waals surface area contributed by atoms with Crippen LogP contribution in [0.1, 0.15) is 5.69 Å². The zero-order valence-corrected chi connectivity index (χ0v) is 9.64. The Bertz CT molecular complexity index is 532. The summed E-state index contributed by atoms with van der Waals surface area (Å²) in [5, 5.41) is 10.2. The van der Waals surface area contributed by atoms with Crippen molar-refractivity contribution in [2.45, 2.75) is 6.54 Å². The molecule has 0 saturated heterocycles. The van der Waals surface area contributed by atoms with Gasteiger partial charge in [-0.15, -0.1) is 0 Å². The first kappa shape index (κ1) is 10.7. The molecule has 3 heteroatoms. The number of rotatable bonds is 3. The van der Waals surface area contributed by atoms with E-state index < -0.39 is 0 Å². The third kappa shape index (κ3) is 1.93. The Morgan fingerprint density at radius 2 is 2.06 bits per heavy atom. The Labute approximate surface area is 95.5 Å². The fourth-order valence-corrected chi connectivity index (χ4v) is 1.84. The number of hydrogen-bond acceptors (Lipinski definition) is 2. The Morgan fingerprint density at radius 1 is 1.31 bits per heavy atom. The van der Waals surface area contributed by atoms with Crippen LogP contribution in [-0.4, -0.2) is 30.1 Å². The Balaban J connectivity index is 2.44. The molecule has 0 atom stereocenters. The highest BCUT2D eigenvalue weighted by Gasteiger charge is 2.07. The van der Waals surface area contributed by atoms with Crippen LogP contribution < -0.4 is 0 Å². The Kier molecular flexibility index (Phi) is 2.93. The molecule has 1 heterocycles. The molecule has 2 rings (SSSR count). The first-order chi connectivity index (χ1) is 7.72. The summed E-state index contributed by atoms with van der Waals surface area (Å²) in [7, 11) is 4.08. The van der Waals surface area contributed by atoms with Crippen LogP contribution in [0, 0.1) is 11.3 Å². The summed E-state index contributed by atoms with van der Waals surface area (Å²) in [5.74, 6) is 0. The lowest BCUT2D eigenvalue weighted by Crippen LogP contribution is -2.18. The number of nitrogens with zero attached hydrogens (tertiary/aromatic N) is 3. The van der Waals surface area contributed by atoms with Gasteiger partial charge >= 0.3 is 0 Å². The number of fused-ring (bicyclic) bond motifs is 1. The summed E-state index contributed by atoms with van der Waals surface area (Å²) in [5.41, 5.74) is 1.88. The van der Waals surface area contributed by atoms with Crippen molar-refractivity contribution in [3.8, 4) is 6.07 Å². The highest BCUT2D eigenvalue weighted by Crippen LogP contribution is 2.18. The summed E-state index contributed by atoms with van der Waals surface area (Å²) < 4.78 is 2.08. The first-order valence-electron chi connectivity index (χ1n) is 5.35. The van der Waals surface area contributed by atoms with Crippen LogP contribution in [-0.2, 0) is 6.54 Å². The van der Waals surface area contributed by atoms with Gasteiger partial charge in [-0.25, -0.2) is 0 Å². The van der Waals surface area contributed by atoms with E-state index in [0.29, 0.717) is 0 Å². The number of para-hydroxylation sites is 1. The Hall–Kier alpha value is -1.79. The van der Waals surface area contributed by atoms with E-state index in [1.54, 1.807) is 0 Å². The SMILES string of the molecule is CN(C)CCn1c(C#N)cc2ccccc21. The van der Waals surface area contributed by atoms with E-state index in [1.807, 2.05) is 38.4 Å². The second-order valence-electron chi connectivity index (χ2n) is 4.16. The van der Waals surface area contributed by atoms with Gasteiger partial charge in [-0.3, -0.25) is 0 Å². The average Bonchev–Trinajstić information content (AvgIpc) is 2.64. The molecule has 0 fully saturated rings. The molecule has 0 aliphatic heterocycles. The fraction of sp³-hybridized carbons (Fsp3) is 0.308. The van der Waals surface area contributed by atoms with E-state index in [-0.39, 0.29) is 0 Å². The first-order valence-corrected chi connectivity index (χ1v) is 5.35. The zero-order valence-electron chi connectivity index (χ0n) is 9.64. The summed E-state index contributed by atoms with van der Waals surface area (Å²) in [6, 6.07) is 12.3. The maximum Gasteiger partial charge on any atom is 0.121 e. The molecule has 1 aromatic carbocycles. The molecule has 0 radical (unpaired) electrons. The molecule has 1 aromatic heterocycles. The minimum absolute atomic E-state index is 0.739. The number of likely N-dealkylation sites (N-methyl/N-ethyl adjacent to an activating group) is 1. The minimum Gasteiger partial charge on any atom is -0.331 e. The summed E-state index contributed by atoms with van der Waals surface area (Å²) in [6.07, 6.45) is 0. The van der Waals surface area contributed by atoms with Crippen molar-refractivity contribution in [1.82, 2.24) is 9.47 Å². The van der Waals surface area contributed by atoms with Crippen molar-refractivity contribution < 1.29 is 0 Å². The molecular weight excluding hydrogens is 198 g/mol. The molecule has 16 heavy (non-hydrogen) atoms. The number of aromatic nitrogens is 1. The summed E-state index contributed by atoms with van der Waals surface area (Å²) in [4.78, 5) is 2.12. The van der Waals surface area contributed by atoms with E-state index in [9.17, 15) is 0 Å². The van der Waals surface area contributed by atoms with Crippen LogP contribution in [0.25, 0.3) is 10.9 Å². The standard InChI is InChI=1S/C13H15N3/c1-15(2)7-8-16-12(10-14)9-11-5-3-4-6-13(11)16/h3-6,9H,7-8H2,1-2H3. The number of hydrogen-bond donors (Lipinski definition) is 0. The smallest absolute Gasteiger partial charge is 0.121 e. The van der Waals surface area contributed by atoms with Gasteiger partial charge in [0.25, 0.3) is 0 Å². The van der Waals surface area contributed by atoms with Crippen molar-refractivity contribution >= 4 is 10.9 Å². The second kappa shape index (κ2) is 4.38. The van der Waals surface area contributed by atoms with Crippen LogP contribution >= 0.6 is 0 Å². The molecule has 0 aliphatic carbocycles. The van der Waals surface area contributed by atoms with Gasteiger partial charge in [-0.2, -0.15) is 5.26 Å². The van der Waals surface area contributed by atoms with Crippen molar-refractivity contribution in [2.75, 3.05) is 20.6 Å². The Morgan fingerprint density at radius 3 is 2.75 bits per heavy atom. The number of benzene rings is 1. The molecule has 0 aliphatic rings. The van der Waals surface area contributed by atoms with Crippen molar-refractivity contribution in [3.63, 3.8) is 0 Å². The summed E-state index contributed by atoms with van der Waals surface area (Å²) in [6.45, 7) is 1.79. The van der Waals surface area contributed by atoms with Gasteiger partial charge in [-0.05, 0) is 26.2 Å². The average molecular weight is 213 g/mol. The lowest BCUT2D eigenvalue weighted by Gasteiger charge is -2.12. The molecule has 0 bridgehead atoms. The predicted molar refractivity (Wildman–Crippen MR) is 65.2 cm³/mol. The van der Waals surface area contributed by atoms with Crippen LogP contribution in [0.15, 0.2) is 30.3 Å². The maximum atomic E-state index is 9.10. The van der Waals surface area contributed by atoms with E-state index in [1.165, 1.54) is 0 Å². The third-order valence-electron chi connectivity index (χ3n) is 2.70. The van der Waals surface area contributed by atoms with Crippen molar-refractivity contribution in [3.05, 3.63) is 36.0 Å². The van der Waals surface area contributed by atoms with Crippen LogP contribution in [0.5, 0.6) is 0 Å². The van der Waals surface area contributed by atoms with Gasteiger partial charge in [0, 0.05) is 24.0 Å². The molecule has 3 nitrogen and oxygen atoms in total. The molecule has 0 N–H and O–H groups in total. The summed E-state index contributed by atoms with van der Waals surface area (Å²) >= 11 is 0. The van der Waals surface area contributed by atoms with Crippen LogP contribution in [0.4, 0.5) is 0 Å². The van der Waals surface area contributed by atoms with Gasteiger partial charge in [0.2, 0.25) is 0 Å². The van der Waals surface area contributed by atoms with Gasteiger partial charge in [0.05, 0.1) is 0 Å². The number of nitriles is 1. The van der Waals surface area contributed by atoms with Crippen molar-refractivity contribution in [2.24, 2.45) is 0 Å². The van der Waals surface area contributed by atoms with E-state index >= 15 is 0 Å². The highest BCUT2D eigenvalue weighted by atomic mass is 15.1. The molecule has 0 spiro atoms. The van der Waals surface area contributed by atoms with Gasteiger partial charge < -0.3 is 9.47 Å². The molecule has 82 valence electrons. The van der Waals surface area contributed by atoms with Gasteiger partial charge in [0.15, 0.2) is 0 Å². The zero-order chi connectivity index (χ0) is 11.5. The molecule has 2 aromatic rings. The fourth-order valence-electron chi connectivity index (χ4n) is 1.84. The molecular formula is C13H15N3. The topological polar surface area (TPSA) is 32.0 Å². The van der Waals surface area contributed by atoms with E-state index in [0.717, 1.165) is 29.7 Å². The largest absolute Gasteiger partial charge is 0.331 e. The quantitative estimate of drug-likeness (QED) is 0.781. The van der Waals surface area contributed by atoms with E-state index in [2.05, 4.69) is 21.6 Å². The monoisotopic (exact) mass is 213 g/mol. The second-order valence-corrected chi connectivity index (χ2v) is 4.16. The van der Waals surface area contributed by atoms with E-state index in [4.69, 9.17) is 5.26 Å². The maximum absolute atomic E-state index is 9.10. The third-order valence-corrected chi connectivity index (χ3v) is 2.70. The van der Waals surface area contributed by atoms with Gasteiger partial charge in [-0.1, -0.05) is 18.2 Å².